The Labute approximate surface area is 149 Å². The van der Waals surface area contributed by atoms with Gasteiger partial charge in [0.25, 0.3) is 0 Å². The summed E-state index contributed by atoms with van der Waals surface area (Å²) in [6, 6.07) is 30.1. The van der Waals surface area contributed by atoms with Crippen molar-refractivity contribution in [2.75, 3.05) is 0 Å². The molecule has 0 radical (unpaired) electrons. The highest BCUT2D eigenvalue weighted by molar-refractivity contribution is 5.99. The molecule has 0 nitrogen and oxygen atoms in total. The van der Waals surface area contributed by atoms with Crippen LogP contribution in [-0.2, 0) is 0 Å². The van der Waals surface area contributed by atoms with Crippen LogP contribution < -0.4 is 0 Å². The van der Waals surface area contributed by atoms with Gasteiger partial charge in [-0.25, -0.2) is 0 Å². The Morgan fingerprint density at radius 2 is 1.20 bits per heavy atom. The lowest BCUT2D eigenvalue weighted by Gasteiger charge is -2.15. The zero-order chi connectivity index (χ0) is 17.1. The van der Waals surface area contributed by atoms with Gasteiger partial charge in [-0.05, 0) is 40.3 Å². The molecule has 0 aromatic heterocycles. The van der Waals surface area contributed by atoms with Crippen LogP contribution in [0.2, 0.25) is 0 Å². The third kappa shape index (κ3) is 3.12. The van der Waals surface area contributed by atoms with Crippen molar-refractivity contribution in [3.05, 3.63) is 131 Å². The standard InChI is InChI=1S/C25H20/c1-19-15-17-20(18-16-19)23-13-8-14-24(23)25(21-9-4-2-5-10-21)22-11-6-3-7-12-22/h2-18H,1H3. The maximum atomic E-state index is 2.23. The Bertz CT molecular complexity index is 912. The maximum Gasteiger partial charge on any atom is -0.00326 e. The van der Waals surface area contributed by atoms with E-state index in [0.717, 1.165) is 0 Å². The molecule has 1 aliphatic rings. The van der Waals surface area contributed by atoms with Gasteiger partial charge in [-0.1, -0.05) is 109 Å². The minimum Gasteiger partial charge on any atom is -0.0622 e. The second-order valence-corrected chi connectivity index (χ2v) is 6.33. The molecule has 3 aromatic rings. The minimum absolute atomic E-state index is 1.24. The SMILES string of the molecule is Cc1ccc(C2=CC=CC2=C(c2ccccc2)c2ccccc2)cc1. The third-order valence-corrected chi connectivity index (χ3v) is 4.57. The van der Waals surface area contributed by atoms with E-state index in [4.69, 9.17) is 0 Å². The van der Waals surface area contributed by atoms with Gasteiger partial charge >= 0.3 is 0 Å². The summed E-state index contributed by atoms with van der Waals surface area (Å²) < 4.78 is 0. The van der Waals surface area contributed by atoms with E-state index >= 15 is 0 Å². The molecule has 120 valence electrons. The molecule has 0 fully saturated rings. The van der Waals surface area contributed by atoms with Crippen LogP contribution in [-0.4, -0.2) is 0 Å². The van der Waals surface area contributed by atoms with Crippen LogP contribution in [0.4, 0.5) is 0 Å². The maximum absolute atomic E-state index is 2.23. The highest BCUT2D eigenvalue weighted by Crippen LogP contribution is 2.37. The molecule has 0 bridgehead atoms. The summed E-state index contributed by atoms with van der Waals surface area (Å²) >= 11 is 0. The predicted octanol–water partition coefficient (Wildman–Crippen LogP) is 6.45. The van der Waals surface area contributed by atoms with Gasteiger partial charge in [-0.3, -0.25) is 0 Å². The second kappa shape index (κ2) is 6.78. The summed E-state index contributed by atoms with van der Waals surface area (Å²) in [6.07, 6.45) is 6.59. The summed E-state index contributed by atoms with van der Waals surface area (Å²) in [5.74, 6) is 0. The molecule has 4 rings (SSSR count). The molecule has 0 spiro atoms. The molecule has 1 aliphatic carbocycles. The number of allylic oxidation sites excluding steroid dienone is 5. The van der Waals surface area contributed by atoms with Crippen molar-refractivity contribution >= 4 is 11.1 Å². The Morgan fingerprint density at radius 1 is 0.640 bits per heavy atom. The Balaban J connectivity index is 1.92. The lowest BCUT2D eigenvalue weighted by atomic mass is 9.88. The first kappa shape index (κ1) is 15.4. The van der Waals surface area contributed by atoms with Crippen LogP contribution in [0.5, 0.6) is 0 Å². The summed E-state index contributed by atoms with van der Waals surface area (Å²) in [6.45, 7) is 2.13. The Morgan fingerprint density at radius 3 is 1.76 bits per heavy atom. The summed E-state index contributed by atoms with van der Waals surface area (Å²) in [4.78, 5) is 0. The van der Waals surface area contributed by atoms with Gasteiger partial charge < -0.3 is 0 Å². The number of aryl methyl sites for hydroxylation is 1. The van der Waals surface area contributed by atoms with Crippen LogP contribution in [0.15, 0.2) is 109 Å². The number of rotatable bonds is 3. The Kier molecular flexibility index (Phi) is 4.18. The molecular weight excluding hydrogens is 300 g/mol. The van der Waals surface area contributed by atoms with Crippen molar-refractivity contribution in [2.45, 2.75) is 6.92 Å². The lowest BCUT2D eigenvalue weighted by Crippen LogP contribution is -1.95. The molecule has 0 aliphatic heterocycles. The fraction of sp³-hybridized carbons (Fsp3) is 0.0400. The van der Waals surface area contributed by atoms with Gasteiger partial charge in [0, 0.05) is 0 Å². The molecule has 0 heteroatoms. The molecule has 0 saturated heterocycles. The Hall–Kier alpha value is -3.12. The fourth-order valence-electron chi connectivity index (χ4n) is 3.31. The van der Waals surface area contributed by atoms with Gasteiger partial charge in [0.2, 0.25) is 0 Å². The molecule has 3 aromatic carbocycles. The van der Waals surface area contributed by atoms with Crippen LogP contribution in [0.3, 0.4) is 0 Å². The number of hydrogen-bond acceptors (Lipinski definition) is 0. The van der Waals surface area contributed by atoms with Gasteiger partial charge in [0.15, 0.2) is 0 Å². The molecule has 0 heterocycles. The molecular formula is C25H20. The average molecular weight is 320 g/mol. The first-order chi connectivity index (χ1) is 12.3. The molecule has 0 amide bonds. The van der Waals surface area contributed by atoms with Crippen molar-refractivity contribution in [3.8, 4) is 0 Å². The highest BCUT2D eigenvalue weighted by atomic mass is 14.2. The van der Waals surface area contributed by atoms with E-state index in [1.165, 1.54) is 39.0 Å². The van der Waals surface area contributed by atoms with E-state index in [2.05, 4.69) is 110 Å². The average Bonchev–Trinajstić information content (AvgIpc) is 3.14. The van der Waals surface area contributed by atoms with Gasteiger partial charge in [-0.2, -0.15) is 0 Å². The number of hydrogen-bond donors (Lipinski definition) is 0. The van der Waals surface area contributed by atoms with Crippen molar-refractivity contribution in [3.63, 3.8) is 0 Å². The van der Waals surface area contributed by atoms with Crippen molar-refractivity contribution in [2.24, 2.45) is 0 Å². The van der Waals surface area contributed by atoms with Gasteiger partial charge in [0.1, 0.15) is 0 Å². The quantitative estimate of drug-likeness (QED) is 0.520. The van der Waals surface area contributed by atoms with Crippen LogP contribution in [0, 0.1) is 6.92 Å². The fourth-order valence-corrected chi connectivity index (χ4v) is 3.31. The smallest absolute Gasteiger partial charge is 0.00326 e. The number of benzene rings is 3. The summed E-state index contributed by atoms with van der Waals surface area (Å²) in [7, 11) is 0. The summed E-state index contributed by atoms with van der Waals surface area (Å²) in [5.41, 5.74) is 8.87. The molecule has 25 heavy (non-hydrogen) atoms. The van der Waals surface area contributed by atoms with Crippen LogP contribution >= 0.6 is 0 Å². The van der Waals surface area contributed by atoms with Crippen molar-refractivity contribution < 1.29 is 0 Å². The van der Waals surface area contributed by atoms with E-state index in [9.17, 15) is 0 Å². The van der Waals surface area contributed by atoms with Gasteiger partial charge in [-0.15, -0.1) is 0 Å². The lowest BCUT2D eigenvalue weighted by molar-refractivity contribution is 1.45. The van der Waals surface area contributed by atoms with Crippen LogP contribution in [0.1, 0.15) is 22.3 Å². The molecule has 0 N–H and O–H groups in total. The van der Waals surface area contributed by atoms with Crippen molar-refractivity contribution in [1.29, 1.82) is 0 Å². The second-order valence-electron chi connectivity index (χ2n) is 6.33. The first-order valence-electron chi connectivity index (χ1n) is 8.64. The minimum atomic E-state index is 1.24. The molecule has 0 saturated carbocycles. The normalized spacial score (nSPS) is 13.0. The van der Waals surface area contributed by atoms with Gasteiger partial charge in [0.05, 0.1) is 0 Å². The summed E-state index contributed by atoms with van der Waals surface area (Å²) in [5, 5.41) is 0. The van der Waals surface area contributed by atoms with E-state index in [1.807, 2.05) is 0 Å². The van der Waals surface area contributed by atoms with E-state index < -0.39 is 0 Å². The molecule has 0 unspecified atom stereocenters. The monoisotopic (exact) mass is 320 g/mol. The van der Waals surface area contributed by atoms with E-state index in [1.54, 1.807) is 0 Å². The molecule has 0 atom stereocenters. The zero-order valence-corrected chi connectivity index (χ0v) is 14.3. The topological polar surface area (TPSA) is 0 Å². The van der Waals surface area contributed by atoms with E-state index in [-0.39, 0.29) is 0 Å². The van der Waals surface area contributed by atoms with Crippen molar-refractivity contribution in [1.82, 2.24) is 0 Å². The zero-order valence-electron chi connectivity index (χ0n) is 14.3. The van der Waals surface area contributed by atoms with E-state index in [0.29, 0.717) is 0 Å². The largest absolute Gasteiger partial charge is 0.0622 e. The van der Waals surface area contributed by atoms with Crippen LogP contribution in [0.25, 0.3) is 11.1 Å². The highest BCUT2D eigenvalue weighted by Gasteiger charge is 2.17. The third-order valence-electron chi connectivity index (χ3n) is 4.57. The first-order valence-corrected chi connectivity index (χ1v) is 8.64. The predicted molar refractivity (Wildman–Crippen MR) is 107 cm³/mol.